The van der Waals surface area contributed by atoms with E-state index in [0.717, 1.165) is 48.6 Å². The minimum absolute atomic E-state index is 0.0199. The first kappa shape index (κ1) is 16.6. The van der Waals surface area contributed by atoms with Gasteiger partial charge in [-0.25, -0.2) is 4.79 Å². The molecule has 1 aromatic carbocycles. The maximum atomic E-state index is 13.0. The molecule has 0 bridgehead atoms. The van der Waals surface area contributed by atoms with E-state index in [-0.39, 0.29) is 11.6 Å². The number of aryl methyl sites for hydroxylation is 1. The smallest absolute Gasteiger partial charge is 0.331 e. The molecule has 2 aromatic rings. The summed E-state index contributed by atoms with van der Waals surface area (Å²) in [6, 6.07) is 7.09. The molecule has 1 saturated carbocycles. The number of amides is 4. The largest absolute Gasteiger partial charge is 0.350 e. The Labute approximate surface area is 151 Å². The van der Waals surface area contributed by atoms with Crippen LogP contribution in [-0.4, -0.2) is 33.4 Å². The van der Waals surface area contributed by atoms with E-state index in [1.165, 1.54) is 4.90 Å². The van der Waals surface area contributed by atoms with Crippen LogP contribution >= 0.6 is 0 Å². The molecule has 6 nitrogen and oxygen atoms in total. The van der Waals surface area contributed by atoms with Gasteiger partial charge in [0.05, 0.1) is 0 Å². The van der Waals surface area contributed by atoms with Crippen molar-refractivity contribution in [1.29, 1.82) is 0 Å². The molecule has 0 radical (unpaired) electrons. The number of imide groups is 2. The lowest BCUT2D eigenvalue weighted by atomic mass is 9.93. The van der Waals surface area contributed by atoms with Gasteiger partial charge in [0.2, 0.25) is 0 Å². The molecule has 26 heavy (non-hydrogen) atoms. The van der Waals surface area contributed by atoms with Crippen molar-refractivity contribution < 1.29 is 14.4 Å². The number of rotatable bonds is 2. The molecule has 4 rings (SSSR count). The molecule has 0 unspecified atom stereocenters. The molecule has 0 atom stereocenters. The number of barbiturate groups is 1. The van der Waals surface area contributed by atoms with Crippen LogP contribution in [0.15, 0.2) is 36.0 Å². The Hall–Kier alpha value is -2.89. The first-order chi connectivity index (χ1) is 12.6. The van der Waals surface area contributed by atoms with E-state index in [9.17, 15) is 14.4 Å². The number of nitrogens with zero attached hydrogens (tertiary/aromatic N) is 2. The Kier molecular flexibility index (Phi) is 4.11. The molecule has 1 N–H and O–H groups in total. The fraction of sp³-hybridized carbons (Fsp3) is 0.350. The van der Waals surface area contributed by atoms with E-state index in [4.69, 9.17) is 0 Å². The van der Waals surface area contributed by atoms with Crippen LogP contribution in [0.1, 0.15) is 37.7 Å². The number of carbonyl (C=O) groups excluding carboxylic acids is 3. The normalized spacial score (nSPS) is 20.9. The van der Waals surface area contributed by atoms with E-state index in [1.807, 2.05) is 42.1 Å². The molecular weight excluding hydrogens is 330 g/mol. The third-order valence-corrected chi connectivity index (χ3v) is 5.30. The molecule has 1 aliphatic carbocycles. The average Bonchev–Trinajstić information content (AvgIpc) is 2.96. The summed E-state index contributed by atoms with van der Waals surface area (Å²) in [5.74, 6) is -1.11. The van der Waals surface area contributed by atoms with Crippen LogP contribution in [-0.2, 0) is 16.6 Å². The predicted molar refractivity (Wildman–Crippen MR) is 98.2 cm³/mol. The summed E-state index contributed by atoms with van der Waals surface area (Å²) in [5.41, 5.74) is 1.83. The van der Waals surface area contributed by atoms with Gasteiger partial charge in [-0.05, 0) is 25.0 Å². The summed E-state index contributed by atoms with van der Waals surface area (Å²) in [4.78, 5) is 38.8. The third kappa shape index (κ3) is 2.71. The molecule has 1 aromatic heterocycles. The molecule has 2 aliphatic rings. The van der Waals surface area contributed by atoms with Crippen LogP contribution in [0, 0.1) is 0 Å². The van der Waals surface area contributed by atoms with Crippen molar-refractivity contribution in [3.8, 4) is 0 Å². The van der Waals surface area contributed by atoms with Crippen molar-refractivity contribution in [2.75, 3.05) is 0 Å². The maximum Gasteiger partial charge on any atom is 0.331 e. The monoisotopic (exact) mass is 351 g/mol. The lowest BCUT2D eigenvalue weighted by Crippen LogP contribution is -2.58. The molecule has 2 heterocycles. The molecule has 4 amide bonds. The van der Waals surface area contributed by atoms with Crippen molar-refractivity contribution >= 4 is 34.8 Å². The van der Waals surface area contributed by atoms with Crippen molar-refractivity contribution in [2.24, 2.45) is 7.05 Å². The second-order valence-electron chi connectivity index (χ2n) is 7.00. The van der Waals surface area contributed by atoms with E-state index in [1.54, 1.807) is 6.08 Å². The minimum Gasteiger partial charge on any atom is -0.350 e. The van der Waals surface area contributed by atoms with Crippen LogP contribution in [0.4, 0.5) is 4.79 Å². The minimum atomic E-state index is -0.625. The number of benzene rings is 1. The van der Waals surface area contributed by atoms with Gasteiger partial charge in [-0.15, -0.1) is 0 Å². The molecule has 0 spiro atoms. The second-order valence-corrected chi connectivity index (χ2v) is 7.00. The number of fused-ring (bicyclic) bond motifs is 1. The lowest BCUT2D eigenvalue weighted by Gasteiger charge is -2.35. The van der Waals surface area contributed by atoms with Crippen molar-refractivity contribution in [3.63, 3.8) is 0 Å². The van der Waals surface area contributed by atoms with Crippen LogP contribution in [0.2, 0.25) is 0 Å². The standard InChI is InChI=1S/C20H21N3O3/c1-22-12-13(15-9-5-6-10-17(15)22)11-16-18(24)21-20(26)23(19(16)25)14-7-3-2-4-8-14/h5-6,9-12,14H,2-4,7-8H2,1H3,(H,21,24,26)/b16-11-. The van der Waals surface area contributed by atoms with Gasteiger partial charge in [-0.3, -0.25) is 19.8 Å². The zero-order valence-corrected chi connectivity index (χ0v) is 14.7. The summed E-state index contributed by atoms with van der Waals surface area (Å²) < 4.78 is 1.96. The fourth-order valence-corrected chi connectivity index (χ4v) is 3.99. The van der Waals surface area contributed by atoms with Gasteiger partial charge in [-0.2, -0.15) is 0 Å². The SMILES string of the molecule is Cn1cc(/C=C2/C(=O)NC(=O)N(C3CCCCC3)C2=O)c2ccccc21. The van der Waals surface area contributed by atoms with E-state index < -0.39 is 17.8 Å². The Bertz CT molecular complexity index is 935. The quantitative estimate of drug-likeness (QED) is 0.668. The highest BCUT2D eigenvalue weighted by molar-refractivity contribution is 6.31. The van der Waals surface area contributed by atoms with Crippen LogP contribution in [0.5, 0.6) is 0 Å². The number of hydrogen-bond acceptors (Lipinski definition) is 3. The molecule has 2 fully saturated rings. The molecule has 1 saturated heterocycles. The zero-order valence-electron chi connectivity index (χ0n) is 14.7. The average molecular weight is 351 g/mol. The Morgan fingerprint density at radius 3 is 2.58 bits per heavy atom. The number of para-hydroxylation sites is 1. The Balaban J connectivity index is 1.74. The lowest BCUT2D eigenvalue weighted by molar-refractivity contribution is -0.132. The topological polar surface area (TPSA) is 71.4 Å². The van der Waals surface area contributed by atoms with Crippen LogP contribution < -0.4 is 5.32 Å². The number of carbonyl (C=O) groups is 3. The Morgan fingerprint density at radius 1 is 1.08 bits per heavy atom. The first-order valence-corrected chi connectivity index (χ1v) is 9.01. The fourth-order valence-electron chi connectivity index (χ4n) is 3.99. The molecule has 134 valence electrons. The molecule has 1 aliphatic heterocycles. The van der Waals surface area contributed by atoms with Crippen molar-refractivity contribution in [1.82, 2.24) is 14.8 Å². The summed E-state index contributed by atoms with van der Waals surface area (Å²) in [7, 11) is 1.92. The van der Waals surface area contributed by atoms with Gasteiger partial charge >= 0.3 is 6.03 Å². The summed E-state index contributed by atoms with van der Waals surface area (Å²) in [6.07, 6.45) is 8.21. The van der Waals surface area contributed by atoms with Gasteiger partial charge in [-0.1, -0.05) is 37.5 Å². The maximum absolute atomic E-state index is 13.0. The molecular formula is C20H21N3O3. The van der Waals surface area contributed by atoms with Gasteiger partial charge < -0.3 is 4.57 Å². The predicted octanol–water partition coefficient (Wildman–Crippen LogP) is 2.97. The van der Waals surface area contributed by atoms with E-state index in [2.05, 4.69) is 5.32 Å². The number of aromatic nitrogens is 1. The van der Waals surface area contributed by atoms with Crippen molar-refractivity contribution in [2.45, 2.75) is 38.1 Å². The number of hydrogen-bond donors (Lipinski definition) is 1. The molecule has 6 heteroatoms. The highest BCUT2D eigenvalue weighted by atomic mass is 16.2. The zero-order chi connectivity index (χ0) is 18.3. The Morgan fingerprint density at radius 2 is 1.81 bits per heavy atom. The third-order valence-electron chi connectivity index (χ3n) is 5.30. The van der Waals surface area contributed by atoms with E-state index >= 15 is 0 Å². The summed E-state index contributed by atoms with van der Waals surface area (Å²) in [5, 5.41) is 3.30. The highest BCUT2D eigenvalue weighted by Gasteiger charge is 2.40. The van der Waals surface area contributed by atoms with Crippen LogP contribution in [0.3, 0.4) is 0 Å². The van der Waals surface area contributed by atoms with Gasteiger partial charge in [0.15, 0.2) is 0 Å². The van der Waals surface area contributed by atoms with Gasteiger partial charge in [0.25, 0.3) is 11.8 Å². The number of nitrogens with one attached hydrogen (secondary N) is 1. The first-order valence-electron chi connectivity index (χ1n) is 9.01. The number of urea groups is 1. The summed E-state index contributed by atoms with van der Waals surface area (Å²) in [6.45, 7) is 0. The van der Waals surface area contributed by atoms with Crippen molar-refractivity contribution in [3.05, 3.63) is 41.6 Å². The van der Waals surface area contributed by atoms with Gasteiger partial charge in [0, 0.05) is 35.8 Å². The van der Waals surface area contributed by atoms with Crippen LogP contribution in [0.25, 0.3) is 17.0 Å². The highest BCUT2D eigenvalue weighted by Crippen LogP contribution is 2.28. The summed E-state index contributed by atoms with van der Waals surface area (Å²) >= 11 is 0. The van der Waals surface area contributed by atoms with Gasteiger partial charge in [0.1, 0.15) is 5.57 Å². The second kappa shape index (κ2) is 6.44. The van der Waals surface area contributed by atoms with E-state index in [0.29, 0.717) is 0 Å².